The largest absolute Gasteiger partial charge is 0.486 e. The van der Waals surface area contributed by atoms with Crippen LogP contribution in [0, 0.1) is 6.92 Å². The van der Waals surface area contributed by atoms with Crippen LogP contribution in [0.1, 0.15) is 40.4 Å². The number of aromatic nitrogens is 3. The number of likely N-dealkylation sites (tertiary alicyclic amines) is 1. The summed E-state index contributed by atoms with van der Waals surface area (Å²) >= 11 is 0. The number of fused-ring (bicyclic) bond motifs is 1. The fourth-order valence-corrected chi connectivity index (χ4v) is 4.14. The molecule has 1 saturated heterocycles. The Kier molecular flexibility index (Phi) is 5.58. The summed E-state index contributed by atoms with van der Waals surface area (Å²) in [5.74, 6) is 2.86. The van der Waals surface area contributed by atoms with E-state index in [1.807, 2.05) is 30.0 Å². The van der Waals surface area contributed by atoms with Crippen molar-refractivity contribution in [2.24, 2.45) is 0 Å². The highest BCUT2D eigenvalue weighted by Crippen LogP contribution is 2.32. The normalized spacial score (nSPS) is 17.7. The molecule has 8 nitrogen and oxygen atoms in total. The topological polar surface area (TPSA) is 89.5 Å². The van der Waals surface area contributed by atoms with Gasteiger partial charge in [0.2, 0.25) is 0 Å². The molecular formula is C24H25N5O3. The van der Waals surface area contributed by atoms with E-state index in [4.69, 9.17) is 14.5 Å². The van der Waals surface area contributed by atoms with Gasteiger partial charge in [0.25, 0.3) is 5.91 Å². The summed E-state index contributed by atoms with van der Waals surface area (Å²) in [5.41, 5.74) is 2.53. The molecule has 164 valence electrons. The number of aryl methyl sites for hydroxylation is 1. The van der Waals surface area contributed by atoms with E-state index in [1.54, 1.807) is 30.7 Å². The molecule has 2 aliphatic heterocycles. The molecule has 1 aromatic carbocycles. The molecule has 32 heavy (non-hydrogen) atoms. The Hall–Kier alpha value is -3.68. The second kappa shape index (κ2) is 8.82. The van der Waals surface area contributed by atoms with Crippen LogP contribution in [0.2, 0.25) is 0 Å². The number of hydrogen-bond donors (Lipinski definition) is 1. The van der Waals surface area contributed by atoms with E-state index in [-0.39, 0.29) is 11.8 Å². The quantitative estimate of drug-likeness (QED) is 0.673. The minimum absolute atomic E-state index is 0.00183. The van der Waals surface area contributed by atoms with Crippen LogP contribution in [0.25, 0.3) is 0 Å². The lowest BCUT2D eigenvalue weighted by atomic mass is 9.94. The lowest BCUT2D eigenvalue weighted by Gasteiger charge is -2.32. The molecule has 0 bridgehead atoms. The first-order valence-electron chi connectivity index (χ1n) is 10.9. The summed E-state index contributed by atoms with van der Waals surface area (Å²) < 4.78 is 11.2. The Morgan fingerprint density at radius 1 is 1.16 bits per heavy atom. The summed E-state index contributed by atoms with van der Waals surface area (Å²) in [6.07, 6.45) is 7.11. The van der Waals surface area contributed by atoms with E-state index >= 15 is 0 Å². The van der Waals surface area contributed by atoms with Crippen LogP contribution >= 0.6 is 0 Å². The first-order valence-corrected chi connectivity index (χ1v) is 10.9. The molecule has 5 rings (SSSR count). The lowest BCUT2D eigenvalue weighted by molar-refractivity contribution is 0.0704. The second-order valence-corrected chi connectivity index (χ2v) is 8.07. The Labute approximate surface area is 186 Å². The molecule has 8 heteroatoms. The highest BCUT2D eigenvalue weighted by molar-refractivity contribution is 5.95. The van der Waals surface area contributed by atoms with Gasteiger partial charge in [0, 0.05) is 37.0 Å². The number of pyridine rings is 1. The number of ether oxygens (including phenoxy) is 2. The first kappa shape index (κ1) is 20.2. The van der Waals surface area contributed by atoms with Crippen LogP contribution in [-0.2, 0) is 0 Å². The first-order chi connectivity index (χ1) is 15.7. The average Bonchev–Trinajstić information content (AvgIpc) is 2.85. The van der Waals surface area contributed by atoms with Crippen LogP contribution in [-0.4, -0.2) is 52.1 Å². The summed E-state index contributed by atoms with van der Waals surface area (Å²) in [4.78, 5) is 28.6. The van der Waals surface area contributed by atoms with E-state index in [0.29, 0.717) is 42.6 Å². The van der Waals surface area contributed by atoms with Crippen molar-refractivity contribution < 1.29 is 14.3 Å². The monoisotopic (exact) mass is 431 g/mol. The van der Waals surface area contributed by atoms with Crippen LogP contribution in [0.15, 0.2) is 48.9 Å². The molecule has 0 radical (unpaired) electrons. The third-order valence-corrected chi connectivity index (χ3v) is 5.83. The van der Waals surface area contributed by atoms with Crippen LogP contribution in [0.3, 0.4) is 0 Å². The van der Waals surface area contributed by atoms with Gasteiger partial charge in [-0.1, -0.05) is 6.07 Å². The zero-order chi connectivity index (χ0) is 21.9. The van der Waals surface area contributed by atoms with Crippen LogP contribution in [0.5, 0.6) is 11.5 Å². The number of amides is 1. The molecule has 1 fully saturated rings. The number of anilines is 2. The van der Waals surface area contributed by atoms with E-state index in [1.165, 1.54) is 0 Å². The molecule has 1 atom stereocenters. The highest BCUT2D eigenvalue weighted by atomic mass is 16.6. The molecule has 0 saturated carbocycles. The SMILES string of the molecule is Cc1cccnc1Nc1cncc([C@@H]2CCCN(C(=O)c3ccc4c(c3)OCCO4)C2)n1. The molecule has 1 amide bonds. The van der Waals surface area contributed by atoms with E-state index < -0.39 is 0 Å². The van der Waals surface area contributed by atoms with Crippen LogP contribution in [0.4, 0.5) is 11.6 Å². The van der Waals surface area contributed by atoms with Gasteiger partial charge in [0.1, 0.15) is 24.8 Å². The molecule has 2 aliphatic rings. The third kappa shape index (κ3) is 4.21. The molecule has 4 heterocycles. The highest BCUT2D eigenvalue weighted by Gasteiger charge is 2.27. The Morgan fingerprint density at radius 2 is 2.03 bits per heavy atom. The van der Waals surface area contributed by atoms with Gasteiger partial charge >= 0.3 is 0 Å². The van der Waals surface area contributed by atoms with Gasteiger partial charge in [-0.25, -0.2) is 9.97 Å². The smallest absolute Gasteiger partial charge is 0.254 e. The summed E-state index contributed by atoms with van der Waals surface area (Å²) in [6, 6.07) is 9.29. The predicted molar refractivity (Wildman–Crippen MR) is 120 cm³/mol. The van der Waals surface area contributed by atoms with E-state index in [0.717, 1.165) is 36.5 Å². The van der Waals surface area contributed by atoms with Gasteiger partial charge in [-0.15, -0.1) is 0 Å². The Morgan fingerprint density at radius 3 is 2.91 bits per heavy atom. The molecule has 2 aromatic heterocycles. The molecule has 0 spiro atoms. The van der Waals surface area contributed by atoms with Crippen molar-refractivity contribution in [3.63, 3.8) is 0 Å². The van der Waals surface area contributed by atoms with Crippen molar-refractivity contribution in [2.75, 3.05) is 31.6 Å². The van der Waals surface area contributed by atoms with Crippen LogP contribution < -0.4 is 14.8 Å². The standard InChI is InChI=1S/C24H25N5O3/c1-16-4-2-8-26-23(16)28-22-14-25-13-19(27-22)18-5-3-9-29(15-18)24(30)17-6-7-20-21(12-17)32-11-10-31-20/h2,4,6-8,12-14,18H,3,5,9-11,15H2,1H3,(H,26,27,28)/t18-/m1/s1. The number of carbonyl (C=O) groups excluding carboxylic acids is 1. The van der Waals surface area contributed by atoms with Crippen molar-refractivity contribution in [3.05, 3.63) is 65.7 Å². The Balaban J connectivity index is 1.31. The molecule has 1 N–H and O–H groups in total. The number of rotatable bonds is 4. The van der Waals surface area contributed by atoms with Crippen molar-refractivity contribution in [1.29, 1.82) is 0 Å². The fourth-order valence-electron chi connectivity index (χ4n) is 4.14. The van der Waals surface area contributed by atoms with Gasteiger partial charge < -0.3 is 19.7 Å². The summed E-state index contributed by atoms with van der Waals surface area (Å²) in [6.45, 7) is 4.35. The van der Waals surface area contributed by atoms with Crippen molar-refractivity contribution in [1.82, 2.24) is 19.9 Å². The molecule has 0 unspecified atom stereocenters. The molecule has 0 aliphatic carbocycles. The third-order valence-electron chi connectivity index (χ3n) is 5.83. The van der Waals surface area contributed by atoms with Gasteiger partial charge in [0.05, 0.1) is 11.9 Å². The van der Waals surface area contributed by atoms with Crippen molar-refractivity contribution in [2.45, 2.75) is 25.7 Å². The summed E-state index contributed by atoms with van der Waals surface area (Å²) in [5, 5.41) is 3.25. The summed E-state index contributed by atoms with van der Waals surface area (Å²) in [7, 11) is 0. The number of hydrogen-bond acceptors (Lipinski definition) is 7. The number of piperidine rings is 1. The minimum atomic E-state index is -0.00183. The zero-order valence-corrected chi connectivity index (χ0v) is 18.0. The molecule has 3 aromatic rings. The zero-order valence-electron chi connectivity index (χ0n) is 18.0. The van der Waals surface area contributed by atoms with Crippen molar-refractivity contribution in [3.8, 4) is 11.5 Å². The van der Waals surface area contributed by atoms with Gasteiger partial charge in [-0.3, -0.25) is 9.78 Å². The number of carbonyl (C=O) groups is 1. The number of nitrogens with zero attached hydrogens (tertiary/aromatic N) is 4. The fraction of sp³-hybridized carbons (Fsp3) is 0.333. The van der Waals surface area contributed by atoms with E-state index in [2.05, 4.69) is 15.3 Å². The maximum atomic E-state index is 13.2. The maximum Gasteiger partial charge on any atom is 0.254 e. The van der Waals surface area contributed by atoms with Gasteiger partial charge in [-0.05, 0) is 49.6 Å². The number of benzene rings is 1. The predicted octanol–water partition coefficient (Wildman–Crippen LogP) is 3.71. The van der Waals surface area contributed by atoms with Gasteiger partial charge in [0.15, 0.2) is 11.5 Å². The van der Waals surface area contributed by atoms with Gasteiger partial charge in [-0.2, -0.15) is 0 Å². The molecular weight excluding hydrogens is 406 g/mol. The lowest BCUT2D eigenvalue weighted by Crippen LogP contribution is -2.39. The average molecular weight is 431 g/mol. The minimum Gasteiger partial charge on any atom is -0.486 e. The van der Waals surface area contributed by atoms with Crippen molar-refractivity contribution >= 4 is 17.5 Å². The number of nitrogens with one attached hydrogen (secondary N) is 1. The van der Waals surface area contributed by atoms with E-state index in [9.17, 15) is 4.79 Å². The second-order valence-electron chi connectivity index (χ2n) is 8.07. The maximum absolute atomic E-state index is 13.2. The Bertz CT molecular complexity index is 1140.